The molecule has 0 saturated carbocycles. The maximum Gasteiger partial charge on any atom is 0.334 e. The molecule has 0 radical (unpaired) electrons. The Labute approximate surface area is 109 Å². The van der Waals surface area contributed by atoms with Crippen molar-refractivity contribution in [1.82, 2.24) is 9.55 Å². The zero-order chi connectivity index (χ0) is 13.8. The van der Waals surface area contributed by atoms with E-state index in [1.807, 2.05) is 6.92 Å². The van der Waals surface area contributed by atoms with Crippen molar-refractivity contribution in [2.24, 2.45) is 0 Å². The normalized spacial score (nSPS) is 10.4. The molecule has 0 aliphatic carbocycles. The molecule has 2 heterocycles. The average Bonchev–Trinajstić information content (AvgIpc) is 2.42. The Kier molecular flexibility index (Phi) is 3.70. The first-order valence-electron chi connectivity index (χ1n) is 5.92. The number of rotatable bonds is 4. The minimum Gasteiger partial charge on any atom is -0.309 e. The van der Waals surface area contributed by atoms with Crippen LogP contribution in [0.1, 0.15) is 13.3 Å². The van der Waals surface area contributed by atoms with E-state index in [2.05, 4.69) is 4.98 Å². The number of aromatic nitrogens is 2. The van der Waals surface area contributed by atoms with Gasteiger partial charge >= 0.3 is 11.2 Å². The molecule has 6 nitrogen and oxygen atoms in total. The Bertz CT molecular complexity index is 650. The summed E-state index contributed by atoms with van der Waals surface area (Å²) < 4.78 is 1.38. The van der Waals surface area contributed by atoms with E-state index in [0.29, 0.717) is 12.1 Å². The lowest BCUT2D eigenvalue weighted by atomic mass is 10.1. The van der Waals surface area contributed by atoms with E-state index in [9.17, 15) is 14.9 Å². The highest BCUT2D eigenvalue weighted by Crippen LogP contribution is 2.20. The molecule has 98 valence electrons. The highest BCUT2D eigenvalue weighted by Gasteiger charge is 2.16. The van der Waals surface area contributed by atoms with Gasteiger partial charge < -0.3 is 4.57 Å². The van der Waals surface area contributed by atoms with E-state index in [4.69, 9.17) is 0 Å². The van der Waals surface area contributed by atoms with Crippen LogP contribution in [0.5, 0.6) is 0 Å². The maximum absolute atomic E-state index is 11.9. The number of pyridine rings is 2. The fourth-order valence-electron chi connectivity index (χ4n) is 1.86. The molecule has 19 heavy (non-hydrogen) atoms. The van der Waals surface area contributed by atoms with E-state index in [0.717, 1.165) is 12.0 Å². The van der Waals surface area contributed by atoms with Gasteiger partial charge in [0.2, 0.25) is 0 Å². The molecule has 0 unspecified atom stereocenters. The predicted molar refractivity (Wildman–Crippen MR) is 70.9 cm³/mol. The van der Waals surface area contributed by atoms with Gasteiger partial charge in [0.1, 0.15) is 0 Å². The van der Waals surface area contributed by atoms with Crippen molar-refractivity contribution in [2.75, 3.05) is 0 Å². The number of aryl methyl sites for hydroxylation is 1. The van der Waals surface area contributed by atoms with Gasteiger partial charge in [-0.1, -0.05) is 6.92 Å². The van der Waals surface area contributed by atoms with Gasteiger partial charge in [0.05, 0.1) is 4.92 Å². The third-order valence-electron chi connectivity index (χ3n) is 2.74. The molecule has 0 fully saturated rings. The Balaban J connectivity index is 2.63. The SMILES string of the molecule is CCCn1cc(-c2ccncc2)cc([N+](=O)[O-])c1=O. The Hall–Kier alpha value is -2.50. The highest BCUT2D eigenvalue weighted by molar-refractivity contribution is 5.64. The first kappa shape index (κ1) is 12.9. The van der Waals surface area contributed by atoms with Gasteiger partial charge in [0, 0.05) is 36.8 Å². The summed E-state index contributed by atoms with van der Waals surface area (Å²) in [5.41, 5.74) is 0.470. The molecule has 0 spiro atoms. The van der Waals surface area contributed by atoms with Crippen LogP contribution in [0.15, 0.2) is 41.6 Å². The Morgan fingerprint density at radius 2 is 2.00 bits per heavy atom. The van der Waals surface area contributed by atoms with E-state index in [1.165, 1.54) is 10.6 Å². The van der Waals surface area contributed by atoms with Crippen LogP contribution in [0.3, 0.4) is 0 Å². The summed E-state index contributed by atoms with van der Waals surface area (Å²) in [7, 11) is 0. The fourth-order valence-corrected chi connectivity index (χ4v) is 1.86. The summed E-state index contributed by atoms with van der Waals surface area (Å²) in [6, 6.07) is 4.81. The third-order valence-corrected chi connectivity index (χ3v) is 2.74. The smallest absolute Gasteiger partial charge is 0.309 e. The summed E-state index contributed by atoms with van der Waals surface area (Å²) in [6.07, 6.45) is 5.60. The zero-order valence-electron chi connectivity index (χ0n) is 10.4. The molecule has 0 amide bonds. The quantitative estimate of drug-likeness (QED) is 0.623. The number of nitro groups is 1. The Morgan fingerprint density at radius 1 is 1.32 bits per heavy atom. The van der Waals surface area contributed by atoms with Gasteiger partial charge in [0.15, 0.2) is 0 Å². The number of hydrogen-bond acceptors (Lipinski definition) is 4. The molecular formula is C13H13N3O3. The van der Waals surface area contributed by atoms with Crippen LogP contribution in [0.25, 0.3) is 11.1 Å². The third kappa shape index (κ3) is 2.67. The molecule has 2 rings (SSSR count). The molecule has 0 aromatic carbocycles. The molecular weight excluding hydrogens is 246 g/mol. The monoisotopic (exact) mass is 259 g/mol. The lowest BCUT2D eigenvalue weighted by Gasteiger charge is -2.07. The minimum absolute atomic E-state index is 0.400. The van der Waals surface area contributed by atoms with E-state index >= 15 is 0 Å². The highest BCUT2D eigenvalue weighted by atomic mass is 16.6. The van der Waals surface area contributed by atoms with Crippen LogP contribution in [-0.2, 0) is 6.54 Å². The zero-order valence-corrected chi connectivity index (χ0v) is 10.4. The van der Waals surface area contributed by atoms with Crippen LogP contribution < -0.4 is 5.56 Å². The average molecular weight is 259 g/mol. The second-order valence-electron chi connectivity index (χ2n) is 4.11. The molecule has 0 aliphatic rings. The van der Waals surface area contributed by atoms with Gasteiger partial charge in [-0.2, -0.15) is 0 Å². The van der Waals surface area contributed by atoms with E-state index in [-0.39, 0.29) is 0 Å². The molecule has 0 N–H and O–H groups in total. The van der Waals surface area contributed by atoms with Crippen molar-refractivity contribution in [3.05, 3.63) is 57.3 Å². The van der Waals surface area contributed by atoms with Crippen molar-refractivity contribution < 1.29 is 4.92 Å². The van der Waals surface area contributed by atoms with Gasteiger partial charge in [-0.25, -0.2) is 0 Å². The molecule has 0 aliphatic heterocycles. The van der Waals surface area contributed by atoms with Crippen molar-refractivity contribution >= 4 is 5.69 Å². The lowest BCUT2D eigenvalue weighted by Crippen LogP contribution is -2.22. The largest absolute Gasteiger partial charge is 0.334 e. The van der Waals surface area contributed by atoms with Gasteiger partial charge in [-0.15, -0.1) is 0 Å². The summed E-state index contributed by atoms with van der Waals surface area (Å²) >= 11 is 0. The lowest BCUT2D eigenvalue weighted by molar-refractivity contribution is -0.386. The van der Waals surface area contributed by atoms with Crippen LogP contribution in [0, 0.1) is 10.1 Å². The minimum atomic E-state index is -0.640. The summed E-state index contributed by atoms with van der Waals surface area (Å²) in [5, 5.41) is 10.9. The molecule has 2 aromatic heterocycles. The summed E-state index contributed by atoms with van der Waals surface area (Å²) in [4.78, 5) is 26.1. The fraction of sp³-hybridized carbons (Fsp3) is 0.231. The molecule has 2 aromatic rings. The van der Waals surface area contributed by atoms with Crippen LogP contribution in [0.4, 0.5) is 5.69 Å². The topological polar surface area (TPSA) is 78.0 Å². The first-order valence-corrected chi connectivity index (χ1v) is 5.92. The molecule has 6 heteroatoms. The Morgan fingerprint density at radius 3 is 2.58 bits per heavy atom. The molecule has 0 bridgehead atoms. The number of hydrogen-bond donors (Lipinski definition) is 0. The van der Waals surface area contributed by atoms with E-state index < -0.39 is 16.2 Å². The van der Waals surface area contributed by atoms with Crippen LogP contribution >= 0.6 is 0 Å². The van der Waals surface area contributed by atoms with Crippen molar-refractivity contribution in [2.45, 2.75) is 19.9 Å². The second-order valence-corrected chi connectivity index (χ2v) is 4.11. The van der Waals surface area contributed by atoms with Crippen molar-refractivity contribution in [1.29, 1.82) is 0 Å². The molecule has 0 atom stereocenters. The summed E-state index contributed by atoms with van der Waals surface area (Å²) in [6.45, 7) is 2.37. The molecule has 0 saturated heterocycles. The van der Waals surface area contributed by atoms with Gasteiger partial charge in [-0.3, -0.25) is 19.9 Å². The summed E-state index contributed by atoms with van der Waals surface area (Å²) in [5.74, 6) is 0. The van der Waals surface area contributed by atoms with Crippen LogP contribution in [-0.4, -0.2) is 14.5 Å². The first-order chi connectivity index (χ1) is 9.13. The van der Waals surface area contributed by atoms with Crippen LogP contribution in [0.2, 0.25) is 0 Å². The van der Waals surface area contributed by atoms with Crippen molar-refractivity contribution in [3.8, 4) is 11.1 Å². The van der Waals surface area contributed by atoms with Gasteiger partial charge in [0.25, 0.3) is 0 Å². The van der Waals surface area contributed by atoms with Gasteiger partial charge in [-0.05, 0) is 24.1 Å². The standard InChI is InChI=1S/C13H13N3O3/c1-2-7-15-9-11(10-3-5-14-6-4-10)8-12(13(15)17)16(18)19/h3-6,8-9H,2,7H2,1H3. The van der Waals surface area contributed by atoms with Crippen molar-refractivity contribution in [3.63, 3.8) is 0 Å². The predicted octanol–water partition coefficient (Wildman–Crippen LogP) is 2.23. The second kappa shape index (κ2) is 5.43. The maximum atomic E-state index is 11.9. The van der Waals surface area contributed by atoms with E-state index in [1.54, 1.807) is 30.7 Å². The number of nitrogens with zero attached hydrogens (tertiary/aromatic N) is 3.